The molecule has 144 valence electrons. The maximum Gasteiger partial charge on any atom is 0.286 e. The summed E-state index contributed by atoms with van der Waals surface area (Å²) >= 11 is 7.03. The van der Waals surface area contributed by atoms with Gasteiger partial charge in [0.2, 0.25) is 10.9 Å². The van der Waals surface area contributed by atoms with Crippen molar-refractivity contribution in [3.05, 3.63) is 74.9 Å². The second-order valence-corrected chi connectivity index (χ2v) is 7.37. The molecule has 1 heterocycles. The number of aromatic nitrogens is 2. The van der Waals surface area contributed by atoms with Crippen molar-refractivity contribution in [2.24, 2.45) is 0 Å². The summed E-state index contributed by atoms with van der Waals surface area (Å²) in [5, 5.41) is 14.6. The second kappa shape index (κ2) is 9.38. The molecule has 0 aliphatic rings. The Balaban J connectivity index is 1.46. The molecule has 0 radical (unpaired) electrons. The first-order chi connectivity index (χ1) is 13.5. The average Bonchev–Trinajstić information content (AvgIpc) is 3.16. The first-order valence-corrected chi connectivity index (χ1v) is 9.59. The smallest absolute Gasteiger partial charge is 0.286 e. The number of anilines is 1. The Morgan fingerprint density at radius 3 is 2.64 bits per heavy atom. The number of nitrogens with one attached hydrogen (secondary N) is 2. The zero-order valence-corrected chi connectivity index (χ0v) is 16.2. The van der Waals surface area contributed by atoms with E-state index in [2.05, 4.69) is 20.8 Å². The maximum atomic E-state index is 12.9. The Morgan fingerprint density at radius 2 is 1.89 bits per heavy atom. The summed E-state index contributed by atoms with van der Waals surface area (Å²) in [6, 6.07) is 12.7. The third-order valence-electron chi connectivity index (χ3n) is 3.71. The third kappa shape index (κ3) is 5.83. The minimum Gasteiger partial charge on any atom is -0.352 e. The highest BCUT2D eigenvalue weighted by molar-refractivity contribution is 7.13. The highest BCUT2D eigenvalue weighted by Crippen LogP contribution is 2.15. The number of aryl methyl sites for hydroxylation is 1. The Morgan fingerprint density at radius 1 is 1.11 bits per heavy atom. The molecule has 0 fully saturated rings. The number of hydrogen-bond acceptors (Lipinski definition) is 5. The monoisotopic (exact) mass is 418 g/mol. The molecule has 2 aromatic carbocycles. The van der Waals surface area contributed by atoms with E-state index < -0.39 is 5.91 Å². The van der Waals surface area contributed by atoms with Crippen molar-refractivity contribution in [1.29, 1.82) is 0 Å². The largest absolute Gasteiger partial charge is 0.352 e. The number of benzene rings is 2. The lowest BCUT2D eigenvalue weighted by Crippen LogP contribution is -2.22. The fourth-order valence-electron chi connectivity index (χ4n) is 2.32. The van der Waals surface area contributed by atoms with Gasteiger partial charge >= 0.3 is 0 Å². The summed E-state index contributed by atoms with van der Waals surface area (Å²) in [5.74, 6) is -0.946. The fraction of sp³-hybridized carbons (Fsp3) is 0.158. The summed E-state index contributed by atoms with van der Waals surface area (Å²) in [6.07, 6.45) is 0.609. The van der Waals surface area contributed by atoms with Crippen LogP contribution in [-0.4, -0.2) is 22.0 Å². The molecule has 0 atom stereocenters. The standard InChI is InChI=1S/C19H16ClFN4O2S/c20-13-3-1-2-12(10-13)11-22-16(26)8-9-17-24-25-19(28-17)18(27)23-15-6-4-14(21)5-7-15/h1-7,10H,8-9,11H2,(H,22,26)(H,23,27). The highest BCUT2D eigenvalue weighted by Gasteiger charge is 2.14. The van der Waals surface area contributed by atoms with E-state index in [1.54, 1.807) is 12.1 Å². The Bertz CT molecular complexity index is 978. The lowest BCUT2D eigenvalue weighted by molar-refractivity contribution is -0.121. The molecule has 0 aliphatic heterocycles. The van der Waals surface area contributed by atoms with Crippen LogP contribution in [0.15, 0.2) is 48.5 Å². The topological polar surface area (TPSA) is 84.0 Å². The molecule has 3 rings (SSSR count). The van der Waals surface area contributed by atoms with Gasteiger partial charge in [-0.15, -0.1) is 10.2 Å². The molecule has 9 heteroatoms. The van der Waals surface area contributed by atoms with Crippen molar-refractivity contribution < 1.29 is 14.0 Å². The normalized spacial score (nSPS) is 10.5. The lowest BCUT2D eigenvalue weighted by Gasteiger charge is -2.04. The van der Waals surface area contributed by atoms with Crippen molar-refractivity contribution >= 4 is 40.4 Å². The summed E-state index contributed by atoms with van der Waals surface area (Å²) in [4.78, 5) is 24.1. The van der Waals surface area contributed by atoms with Crippen LogP contribution < -0.4 is 10.6 Å². The van der Waals surface area contributed by atoms with E-state index in [0.717, 1.165) is 16.9 Å². The van der Waals surface area contributed by atoms with Crippen molar-refractivity contribution in [2.45, 2.75) is 19.4 Å². The summed E-state index contributed by atoms with van der Waals surface area (Å²) in [6.45, 7) is 0.390. The summed E-state index contributed by atoms with van der Waals surface area (Å²) < 4.78 is 12.9. The molecule has 0 bridgehead atoms. The van der Waals surface area contributed by atoms with E-state index in [1.807, 2.05) is 12.1 Å². The van der Waals surface area contributed by atoms with E-state index in [0.29, 0.717) is 28.7 Å². The van der Waals surface area contributed by atoms with E-state index >= 15 is 0 Å². The van der Waals surface area contributed by atoms with Crippen LogP contribution in [0.1, 0.15) is 26.8 Å². The van der Waals surface area contributed by atoms with Crippen molar-refractivity contribution in [3.8, 4) is 0 Å². The van der Waals surface area contributed by atoms with Gasteiger partial charge in [-0.1, -0.05) is 35.1 Å². The van der Waals surface area contributed by atoms with Gasteiger partial charge in [-0.3, -0.25) is 9.59 Å². The minimum atomic E-state index is -0.430. The van der Waals surface area contributed by atoms with Gasteiger partial charge in [0.25, 0.3) is 5.91 Å². The molecule has 28 heavy (non-hydrogen) atoms. The number of halogens is 2. The van der Waals surface area contributed by atoms with Crippen molar-refractivity contribution in [1.82, 2.24) is 15.5 Å². The number of carbonyl (C=O) groups is 2. The van der Waals surface area contributed by atoms with Crippen molar-refractivity contribution in [2.75, 3.05) is 5.32 Å². The van der Waals surface area contributed by atoms with Crippen LogP contribution in [0.4, 0.5) is 10.1 Å². The molecule has 0 unspecified atom stereocenters. The molecule has 0 saturated carbocycles. The van der Waals surface area contributed by atoms with Crippen LogP contribution in [0.3, 0.4) is 0 Å². The van der Waals surface area contributed by atoms with E-state index in [9.17, 15) is 14.0 Å². The zero-order chi connectivity index (χ0) is 19.9. The lowest BCUT2D eigenvalue weighted by atomic mass is 10.2. The summed E-state index contributed by atoms with van der Waals surface area (Å²) in [7, 11) is 0. The van der Waals surface area contributed by atoms with E-state index in [4.69, 9.17) is 11.6 Å². The predicted octanol–water partition coefficient (Wildman–Crippen LogP) is 3.83. The Kier molecular flexibility index (Phi) is 6.67. The molecular formula is C19H16ClFN4O2S. The number of carbonyl (C=O) groups excluding carboxylic acids is 2. The van der Waals surface area contributed by atoms with Gasteiger partial charge in [0, 0.05) is 30.1 Å². The molecule has 0 aliphatic carbocycles. The minimum absolute atomic E-state index is 0.132. The van der Waals surface area contributed by atoms with Gasteiger partial charge < -0.3 is 10.6 Å². The van der Waals surface area contributed by atoms with Crippen LogP contribution in [0.2, 0.25) is 5.02 Å². The van der Waals surface area contributed by atoms with Gasteiger partial charge in [-0.2, -0.15) is 0 Å². The van der Waals surface area contributed by atoms with E-state index in [1.165, 1.54) is 24.3 Å². The first-order valence-electron chi connectivity index (χ1n) is 8.40. The second-order valence-electron chi connectivity index (χ2n) is 5.87. The molecule has 2 N–H and O–H groups in total. The van der Waals surface area contributed by atoms with Gasteiger partial charge in [-0.05, 0) is 42.0 Å². The molecule has 3 aromatic rings. The SMILES string of the molecule is O=C(CCc1nnc(C(=O)Nc2ccc(F)cc2)s1)NCc1cccc(Cl)c1. The number of nitrogens with zero attached hydrogens (tertiary/aromatic N) is 2. The van der Waals surface area contributed by atoms with Gasteiger partial charge in [0.1, 0.15) is 10.8 Å². The predicted molar refractivity (Wildman–Crippen MR) is 106 cm³/mol. The molecule has 1 aromatic heterocycles. The number of amides is 2. The number of hydrogen-bond donors (Lipinski definition) is 2. The van der Waals surface area contributed by atoms with Crippen LogP contribution in [-0.2, 0) is 17.8 Å². The fourth-order valence-corrected chi connectivity index (χ4v) is 3.27. The molecule has 0 saturated heterocycles. The van der Waals surface area contributed by atoms with Gasteiger partial charge in [0.05, 0.1) is 0 Å². The van der Waals surface area contributed by atoms with Crippen LogP contribution in [0.5, 0.6) is 0 Å². The van der Waals surface area contributed by atoms with E-state index in [-0.39, 0.29) is 23.2 Å². The highest BCUT2D eigenvalue weighted by atomic mass is 35.5. The van der Waals surface area contributed by atoms with Crippen LogP contribution in [0, 0.1) is 5.82 Å². The average molecular weight is 419 g/mol. The van der Waals surface area contributed by atoms with Gasteiger partial charge in [-0.25, -0.2) is 4.39 Å². The van der Waals surface area contributed by atoms with Crippen molar-refractivity contribution in [3.63, 3.8) is 0 Å². The van der Waals surface area contributed by atoms with Crippen LogP contribution in [0.25, 0.3) is 0 Å². The first kappa shape index (κ1) is 19.9. The summed E-state index contributed by atoms with van der Waals surface area (Å²) in [5.41, 5.74) is 1.38. The third-order valence-corrected chi connectivity index (χ3v) is 4.92. The molecular weight excluding hydrogens is 403 g/mol. The molecule has 2 amide bonds. The van der Waals surface area contributed by atoms with Gasteiger partial charge in [0.15, 0.2) is 0 Å². The Labute approximate surface area is 169 Å². The number of rotatable bonds is 7. The molecule has 0 spiro atoms. The Hall–Kier alpha value is -2.84. The quantitative estimate of drug-likeness (QED) is 0.610. The zero-order valence-electron chi connectivity index (χ0n) is 14.6. The molecule has 6 nitrogen and oxygen atoms in total. The van der Waals surface area contributed by atoms with Crippen LogP contribution >= 0.6 is 22.9 Å². The maximum absolute atomic E-state index is 12.9.